The minimum absolute atomic E-state index is 0.151. The van der Waals surface area contributed by atoms with Gasteiger partial charge in [0, 0.05) is 34.0 Å². The Morgan fingerprint density at radius 1 is 1.00 bits per heavy atom. The monoisotopic (exact) mass is 332 g/mol. The molecule has 6 nitrogen and oxygen atoms in total. The molecule has 0 fully saturated rings. The molecule has 0 saturated heterocycles. The van der Waals surface area contributed by atoms with Gasteiger partial charge in [0.05, 0.1) is 6.20 Å². The average Bonchev–Trinajstić information content (AvgIpc) is 3.06. The molecule has 2 heterocycles. The number of hydrogen-bond acceptors (Lipinski definition) is 5. The summed E-state index contributed by atoms with van der Waals surface area (Å²) in [6.07, 6.45) is 2.50. The molecule has 0 radical (unpaired) electrons. The minimum Gasteiger partial charge on any atom is -0.508 e. The van der Waals surface area contributed by atoms with E-state index in [1.54, 1.807) is 36.7 Å². The lowest BCUT2D eigenvalue weighted by atomic mass is 9.96. The summed E-state index contributed by atoms with van der Waals surface area (Å²) in [4.78, 5) is 3.06. The third-order valence-corrected chi connectivity index (χ3v) is 4.26. The number of nitrogens with one attached hydrogen (secondary N) is 1. The molecule has 5 N–H and O–H groups in total. The van der Waals surface area contributed by atoms with Crippen LogP contribution in [0, 0.1) is 0 Å². The van der Waals surface area contributed by atoms with Crippen LogP contribution in [0.4, 0.5) is 5.69 Å². The van der Waals surface area contributed by atoms with Crippen molar-refractivity contribution in [3.63, 3.8) is 0 Å². The molecule has 2 aromatic carbocycles. The summed E-state index contributed by atoms with van der Waals surface area (Å²) >= 11 is 0. The van der Waals surface area contributed by atoms with Gasteiger partial charge in [0.25, 0.3) is 0 Å². The molecule has 0 amide bonds. The molecular weight excluding hydrogens is 316 g/mol. The lowest BCUT2D eigenvalue weighted by molar-refractivity contribution is 0.222. The minimum atomic E-state index is -0.873. The molecule has 4 aromatic rings. The van der Waals surface area contributed by atoms with Crippen LogP contribution in [-0.2, 0) is 0 Å². The zero-order valence-electron chi connectivity index (χ0n) is 13.2. The Balaban J connectivity index is 1.91. The number of nitrogens with zero attached hydrogens (tertiary/aromatic N) is 2. The zero-order chi connectivity index (χ0) is 17.4. The Kier molecular flexibility index (Phi) is 3.59. The number of para-hydroxylation sites is 1. The van der Waals surface area contributed by atoms with E-state index in [4.69, 9.17) is 5.73 Å². The fraction of sp³-hybridized carbons (Fsp3) is 0.0526. The Morgan fingerprint density at radius 3 is 2.52 bits per heavy atom. The second-order valence-electron chi connectivity index (χ2n) is 5.81. The highest BCUT2D eigenvalue weighted by Gasteiger charge is 2.20. The molecule has 6 heteroatoms. The number of phenolic OH excluding ortho intramolecular Hbond substituents is 1. The third kappa shape index (κ3) is 2.58. The molecule has 4 rings (SSSR count). The van der Waals surface area contributed by atoms with Gasteiger partial charge >= 0.3 is 0 Å². The number of H-pyrrole nitrogens is 1. The van der Waals surface area contributed by atoms with Gasteiger partial charge < -0.3 is 20.9 Å². The van der Waals surface area contributed by atoms with Crippen LogP contribution >= 0.6 is 0 Å². The van der Waals surface area contributed by atoms with Crippen molar-refractivity contribution in [1.82, 2.24) is 15.2 Å². The van der Waals surface area contributed by atoms with E-state index in [0.717, 1.165) is 16.5 Å². The van der Waals surface area contributed by atoms with Gasteiger partial charge in [0.1, 0.15) is 11.9 Å². The summed E-state index contributed by atoms with van der Waals surface area (Å²) in [5.74, 6) is 0.151. The standard InChI is InChI=1S/C19H16N4O2/c20-16-4-2-1-3-13(16)14-10-22-23-19-17(14)15(9-21-19)18(25)11-5-7-12(24)8-6-11/h1-10,18,24-25H,20H2,(H,21,23). The van der Waals surface area contributed by atoms with Gasteiger partial charge in [0.15, 0.2) is 5.65 Å². The maximum Gasteiger partial charge on any atom is 0.160 e. The van der Waals surface area contributed by atoms with Gasteiger partial charge in [0.2, 0.25) is 0 Å². The van der Waals surface area contributed by atoms with Crippen molar-refractivity contribution in [2.45, 2.75) is 6.10 Å². The van der Waals surface area contributed by atoms with Crippen LogP contribution in [-0.4, -0.2) is 25.4 Å². The van der Waals surface area contributed by atoms with Crippen LogP contribution in [0.15, 0.2) is 60.9 Å². The predicted octanol–water partition coefficient (Wildman–Crippen LogP) is 2.99. The Bertz CT molecular complexity index is 1040. The van der Waals surface area contributed by atoms with E-state index in [9.17, 15) is 10.2 Å². The molecule has 0 aliphatic carbocycles. The van der Waals surface area contributed by atoms with Gasteiger partial charge in [-0.05, 0) is 23.8 Å². The Labute approximate surface area is 143 Å². The maximum atomic E-state index is 10.8. The van der Waals surface area contributed by atoms with Crippen LogP contribution in [0.25, 0.3) is 22.2 Å². The fourth-order valence-electron chi connectivity index (χ4n) is 3.00. The number of aromatic amines is 1. The molecule has 0 aliphatic rings. The number of hydrogen-bond donors (Lipinski definition) is 4. The molecule has 0 bridgehead atoms. The van der Waals surface area contributed by atoms with E-state index in [2.05, 4.69) is 15.2 Å². The van der Waals surface area contributed by atoms with Crippen LogP contribution in [0.2, 0.25) is 0 Å². The number of nitrogen functional groups attached to an aromatic ring is 1. The largest absolute Gasteiger partial charge is 0.508 e. The van der Waals surface area contributed by atoms with Gasteiger partial charge in [-0.15, -0.1) is 5.10 Å². The van der Waals surface area contributed by atoms with Crippen molar-refractivity contribution in [3.8, 4) is 16.9 Å². The number of anilines is 1. The molecule has 0 spiro atoms. The van der Waals surface area contributed by atoms with Gasteiger partial charge in [-0.1, -0.05) is 30.3 Å². The average molecular weight is 332 g/mol. The first-order chi connectivity index (χ1) is 12.1. The van der Waals surface area contributed by atoms with Gasteiger partial charge in [-0.25, -0.2) is 0 Å². The number of phenols is 1. The van der Waals surface area contributed by atoms with Crippen LogP contribution in [0.5, 0.6) is 5.75 Å². The number of aliphatic hydroxyl groups excluding tert-OH is 1. The molecule has 0 saturated carbocycles. The SMILES string of the molecule is Nc1ccccc1-c1cnnc2[nH]cc(C(O)c3ccc(O)cc3)c12. The molecule has 1 atom stereocenters. The molecular formula is C19H16N4O2. The second-order valence-corrected chi connectivity index (χ2v) is 5.81. The zero-order valence-corrected chi connectivity index (χ0v) is 13.2. The first-order valence-electron chi connectivity index (χ1n) is 7.79. The smallest absolute Gasteiger partial charge is 0.160 e. The summed E-state index contributed by atoms with van der Waals surface area (Å²) < 4.78 is 0. The summed E-state index contributed by atoms with van der Waals surface area (Å²) in [6.45, 7) is 0. The number of aromatic nitrogens is 3. The summed E-state index contributed by atoms with van der Waals surface area (Å²) in [5, 5.41) is 29.2. The van der Waals surface area contributed by atoms with Crippen LogP contribution in [0.1, 0.15) is 17.2 Å². The number of benzene rings is 2. The maximum absolute atomic E-state index is 10.8. The molecule has 25 heavy (non-hydrogen) atoms. The van der Waals surface area contributed by atoms with Crippen molar-refractivity contribution in [3.05, 3.63) is 72.1 Å². The van der Waals surface area contributed by atoms with Crippen LogP contribution < -0.4 is 5.73 Å². The summed E-state index contributed by atoms with van der Waals surface area (Å²) in [7, 11) is 0. The Hall–Kier alpha value is -3.38. The van der Waals surface area contributed by atoms with E-state index in [-0.39, 0.29) is 5.75 Å². The van der Waals surface area contributed by atoms with Crippen molar-refractivity contribution < 1.29 is 10.2 Å². The number of aromatic hydroxyl groups is 1. The Morgan fingerprint density at radius 2 is 1.76 bits per heavy atom. The van der Waals surface area contributed by atoms with Gasteiger partial charge in [-0.2, -0.15) is 5.10 Å². The van der Waals surface area contributed by atoms with Crippen molar-refractivity contribution >= 4 is 16.7 Å². The lowest BCUT2D eigenvalue weighted by Crippen LogP contribution is -2.00. The number of nitrogens with two attached hydrogens (primary N) is 1. The molecule has 1 unspecified atom stereocenters. The predicted molar refractivity (Wildman–Crippen MR) is 95.9 cm³/mol. The summed E-state index contributed by atoms with van der Waals surface area (Å²) in [5.41, 5.74) is 10.3. The third-order valence-electron chi connectivity index (χ3n) is 4.26. The summed E-state index contributed by atoms with van der Waals surface area (Å²) in [6, 6.07) is 14.0. The fourth-order valence-corrected chi connectivity index (χ4v) is 3.00. The highest BCUT2D eigenvalue weighted by Crippen LogP contribution is 2.36. The first-order valence-corrected chi connectivity index (χ1v) is 7.79. The van der Waals surface area contributed by atoms with E-state index in [1.165, 1.54) is 0 Å². The number of aliphatic hydroxyl groups is 1. The topological polar surface area (TPSA) is 108 Å². The van der Waals surface area contributed by atoms with E-state index in [0.29, 0.717) is 22.5 Å². The first kappa shape index (κ1) is 15.2. The number of fused-ring (bicyclic) bond motifs is 1. The van der Waals surface area contributed by atoms with Crippen molar-refractivity contribution in [2.24, 2.45) is 0 Å². The molecule has 124 valence electrons. The van der Waals surface area contributed by atoms with E-state index in [1.807, 2.05) is 24.3 Å². The van der Waals surface area contributed by atoms with Crippen molar-refractivity contribution in [1.29, 1.82) is 0 Å². The van der Waals surface area contributed by atoms with E-state index >= 15 is 0 Å². The molecule has 2 aromatic heterocycles. The highest BCUT2D eigenvalue weighted by atomic mass is 16.3. The lowest BCUT2D eigenvalue weighted by Gasteiger charge is -2.13. The van der Waals surface area contributed by atoms with Crippen LogP contribution in [0.3, 0.4) is 0 Å². The van der Waals surface area contributed by atoms with Gasteiger partial charge in [-0.3, -0.25) is 0 Å². The quantitative estimate of drug-likeness (QED) is 0.431. The molecule has 0 aliphatic heterocycles. The number of rotatable bonds is 3. The second kappa shape index (κ2) is 5.92. The normalized spacial score (nSPS) is 12.4. The van der Waals surface area contributed by atoms with E-state index < -0.39 is 6.10 Å². The van der Waals surface area contributed by atoms with Crippen molar-refractivity contribution in [2.75, 3.05) is 5.73 Å². The highest BCUT2D eigenvalue weighted by molar-refractivity contribution is 5.98.